The summed E-state index contributed by atoms with van der Waals surface area (Å²) in [5.41, 5.74) is -0.568. The van der Waals surface area contributed by atoms with E-state index in [0.717, 1.165) is 32.4 Å². The van der Waals surface area contributed by atoms with Crippen LogP contribution in [-0.2, 0) is 4.79 Å². The van der Waals surface area contributed by atoms with Crippen LogP contribution in [0.4, 0.5) is 17.5 Å². The molecule has 148 valence electrons. The maximum atomic E-state index is 13.0. The maximum absolute atomic E-state index is 13.0. The quantitative estimate of drug-likeness (QED) is 0.597. The molecule has 1 aromatic heterocycles. The Balaban J connectivity index is 1.90. The topological polar surface area (TPSA) is 145 Å². The molecule has 1 fully saturated rings. The fourth-order valence-corrected chi connectivity index (χ4v) is 4.01. The summed E-state index contributed by atoms with van der Waals surface area (Å²) in [6, 6.07) is 7.72. The number of carbonyl (C=O) groups is 1. The number of H-pyrrole nitrogens is 1. The zero-order valence-electron chi connectivity index (χ0n) is 15.4. The Morgan fingerprint density at radius 1 is 1.21 bits per heavy atom. The van der Waals surface area contributed by atoms with E-state index >= 15 is 0 Å². The molecule has 0 radical (unpaired) electrons. The molecule has 29 heavy (non-hydrogen) atoms. The van der Waals surface area contributed by atoms with Crippen molar-refractivity contribution in [3.05, 3.63) is 55.9 Å². The third-order valence-corrected chi connectivity index (χ3v) is 5.37. The predicted molar refractivity (Wildman–Crippen MR) is 104 cm³/mol. The Bertz CT molecular complexity index is 1080. The number of nitro benzene ring substituents is 1. The summed E-state index contributed by atoms with van der Waals surface area (Å²) in [5.74, 6) is -2.60. The molecular formula is C19H18N6O4. The van der Waals surface area contributed by atoms with Crippen LogP contribution < -0.4 is 15.8 Å². The smallest absolute Gasteiger partial charge is 0.273 e. The number of hydrogen-bond acceptors (Lipinski definition) is 7. The molecule has 0 aliphatic carbocycles. The second-order valence-electron chi connectivity index (χ2n) is 7.09. The molecule has 10 nitrogen and oxygen atoms in total. The first kappa shape index (κ1) is 18.6. The first-order chi connectivity index (χ1) is 14.0. The fraction of sp³-hybridized carbons (Fsp3) is 0.368. The Morgan fingerprint density at radius 2 is 1.93 bits per heavy atom. The summed E-state index contributed by atoms with van der Waals surface area (Å²) >= 11 is 0. The van der Waals surface area contributed by atoms with Crippen LogP contribution in [0.2, 0.25) is 0 Å². The summed E-state index contributed by atoms with van der Waals surface area (Å²) < 4.78 is 0. The number of hydrogen-bond donors (Lipinski definition) is 2. The molecule has 2 atom stereocenters. The Morgan fingerprint density at radius 3 is 2.62 bits per heavy atom. The van der Waals surface area contributed by atoms with E-state index in [9.17, 15) is 25.0 Å². The van der Waals surface area contributed by atoms with Gasteiger partial charge in [-0.25, -0.2) is 0 Å². The van der Waals surface area contributed by atoms with Gasteiger partial charge in [0.2, 0.25) is 11.9 Å². The largest absolute Gasteiger partial charge is 0.342 e. The lowest BCUT2D eigenvalue weighted by Crippen LogP contribution is -2.40. The Hall–Kier alpha value is -3.74. The Kier molecular flexibility index (Phi) is 4.72. The van der Waals surface area contributed by atoms with E-state index in [4.69, 9.17) is 0 Å². The number of nitro groups is 1. The SMILES string of the molecule is N#C[C@@H]1C(=O)Nc2nc(N3CCCCC3)[nH]c(=O)c2[C@H]1c1ccccc1[N+](=O)[O-]. The van der Waals surface area contributed by atoms with Gasteiger partial charge in [-0.15, -0.1) is 0 Å². The van der Waals surface area contributed by atoms with E-state index < -0.39 is 28.2 Å². The van der Waals surface area contributed by atoms with Gasteiger partial charge in [0.15, 0.2) is 0 Å². The highest BCUT2D eigenvalue weighted by Crippen LogP contribution is 2.41. The highest BCUT2D eigenvalue weighted by Gasteiger charge is 2.43. The van der Waals surface area contributed by atoms with Crippen LogP contribution in [0.1, 0.15) is 36.3 Å². The number of rotatable bonds is 3. The number of carbonyl (C=O) groups excluding carboxylic acids is 1. The van der Waals surface area contributed by atoms with Crippen LogP contribution in [-0.4, -0.2) is 33.9 Å². The standard InChI is InChI=1S/C19H18N6O4/c20-10-12-14(11-6-2-3-7-13(11)25(28)29)15-16(21-17(12)26)22-19(23-18(15)27)24-8-4-1-5-9-24/h2-3,6-7,12,14H,1,4-5,8-9H2,(H2,21,22,23,26,27)/t12-,14-/m0/s1. The van der Waals surface area contributed by atoms with Gasteiger partial charge in [-0.2, -0.15) is 10.2 Å². The third kappa shape index (κ3) is 3.20. The van der Waals surface area contributed by atoms with Crippen molar-refractivity contribution in [1.82, 2.24) is 9.97 Å². The van der Waals surface area contributed by atoms with E-state index in [0.29, 0.717) is 5.95 Å². The molecule has 1 saturated heterocycles. The molecule has 2 aromatic rings. The van der Waals surface area contributed by atoms with Crippen molar-refractivity contribution in [3.63, 3.8) is 0 Å². The minimum Gasteiger partial charge on any atom is -0.342 e. The number of anilines is 2. The average Bonchev–Trinajstić information content (AvgIpc) is 2.73. The van der Waals surface area contributed by atoms with E-state index in [1.807, 2.05) is 11.0 Å². The summed E-state index contributed by atoms with van der Waals surface area (Å²) in [6.07, 6.45) is 3.05. The van der Waals surface area contributed by atoms with Gasteiger partial charge < -0.3 is 10.2 Å². The number of amides is 1. The van der Waals surface area contributed by atoms with Gasteiger partial charge in [-0.1, -0.05) is 18.2 Å². The molecule has 2 aliphatic heterocycles. The summed E-state index contributed by atoms with van der Waals surface area (Å²) in [4.78, 5) is 45.6. The second-order valence-corrected chi connectivity index (χ2v) is 7.09. The van der Waals surface area contributed by atoms with E-state index in [-0.39, 0.29) is 22.6 Å². The van der Waals surface area contributed by atoms with Crippen molar-refractivity contribution in [1.29, 1.82) is 5.26 Å². The number of benzene rings is 1. The van der Waals surface area contributed by atoms with Crippen molar-refractivity contribution in [2.45, 2.75) is 25.2 Å². The lowest BCUT2D eigenvalue weighted by Gasteiger charge is -2.31. The van der Waals surface area contributed by atoms with Gasteiger partial charge in [-0.3, -0.25) is 24.7 Å². The minimum atomic E-state index is -1.28. The fourth-order valence-electron chi connectivity index (χ4n) is 4.01. The van der Waals surface area contributed by atoms with Gasteiger partial charge in [0, 0.05) is 30.6 Å². The number of nitrogens with zero attached hydrogens (tertiary/aromatic N) is 4. The van der Waals surface area contributed by atoms with Crippen molar-refractivity contribution in [2.75, 3.05) is 23.3 Å². The number of fused-ring (bicyclic) bond motifs is 1. The zero-order valence-corrected chi connectivity index (χ0v) is 15.4. The van der Waals surface area contributed by atoms with Crippen molar-refractivity contribution >= 4 is 23.4 Å². The van der Waals surface area contributed by atoms with Gasteiger partial charge in [0.05, 0.1) is 16.6 Å². The normalized spacial score (nSPS) is 21.1. The van der Waals surface area contributed by atoms with Crippen LogP contribution >= 0.6 is 0 Å². The van der Waals surface area contributed by atoms with E-state index in [1.165, 1.54) is 18.2 Å². The minimum absolute atomic E-state index is 0.0500. The lowest BCUT2D eigenvalue weighted by molar-refractivity contribution is -0.385. The number of aromatic nitrogens is 2. The molecular weight excluding hydrogens is 376 g/mol. The molecule has 3 heterocycles. The highest BCUT2D eigenvalue weighted by molar-refractivity contribution is 5.98. The van der Waals surface area contributed by atoms with E-state index in [1.54, 1.807) is 6.07 Å². The lowest BCUT2D eigenvalue weighted by atomic mass is 9.78. The molecule has 1 amide bonds. The van der Waals surface area contributed by atoms with Crippen molar-refractivity contribution in [2.24, 2.45) is 5.92 Å². The number of piperidine rings is 1. The van der Waals surface area contributed by atoms with Crippen LogP contribution in [0.5, 0.6) is 0 Å². The molecule has 1 aromatic carbocycles. The zero-order chi connectivity index (χ0) is 20.5. The molecule has 0 unspecified atom stereocenters. The Labute approximate surface area is 165 Å². The molecule has 2 aliphatic rings. The molecule has 4 rings (SSSR count). The van der Waals surface area contributed by atoms with Crippen LogP contribution in [0, 0.1) is 27.4 Å². The average molecular weight is 394 g/mol. The van der Waals surface area contributed by atoms with Crippen LogP contribution in [0.15, 0.2) is 29.1 Å². The molecule has 0 saturated carbocycles. The molecule has 0 bridgehead atoms. The first-order valence-electron chi connectivity index (χ1n) is 9.34. The highest BCUT2D eigenvalue weighted by atomic mass is 16.6. The monoisotopic (exact) mass is 394 g/mol. The predicted octanol–water partition coefficient (Wildman–Crippen LogP) is 1.89. The maximum Gasteiger partial charge on any atom is 0.273 e. The van der Waals surface area contributed by atoms with Gasteiger partial charge >= 0.3 is 0 Å². The van der Waals surface area contributed by atoms with Crippen molar-refractivity contribution in [3.8, 4) is 6.07 Å². The van der Waals surface area contributed by atoms with Gasteiger partial charge in [0.25, 0.3) is 11.2 Å². The molecule has 0 spiro atoms. The summed E-state index contributed by atoms with van der Waals surface area (Å²) in [7, 11) is 0. The van der Waals surface area contributed by atoms with E-state index in [2.05, 4.69) is 15.3 Å². The van der Waals surface area contributed by atoms with Crippen LogP contribution in [0.25, 0.3) is 0 Å². The first-order valence-corrected chi connectivity index (χ1v) is 9.34. The molecule has 2 N–H and O–H groups in total. The molecule has 10 heteroatoms. The number of aromatic amines is 1. The van der Waals surface area contributed by atoms with Crippen LogP contribution in [0.3, 0.4) is 0 Å². The second kappa shape index (κ2) is 7.35. The summed E-state index contributed by atoms with van der Waals surface area (Å²) in [6.45, 7) is 1.48. The number of nitrogens with one attached hydrogen (secondary N) is 2. The third-order valence-electron chi connectivity index (χ3n) is 5.37. The summed E-state index contributed by atoms with van der Waals surface area (Å²) in [5, 5.41) is 23.6. The van der Waals surface area contributed by atoms with Gasteiger partial charge in [0.1, 0.15) is 11.7 Å². The number of nitriles is 1. The van der Waals surface area contributed by atoms with Gasteiger partial charge in [-0.05, 0) is 19.3 Å². The number of para-hydroxylation sites is 1. The van der Waals surface area contributed by atoms with Crippen molar-refractivity contribution < 1.29 is 9.72 Å².